The topological polar surface area (TPSA) is 0 Å². The number of hydrogen-bond donors (Lipinski definition) is 0. The van der Waals surface area contributed by atoms with E-state index in [-0.39, 0.29) is 5.82 Å². The van der Waals surface area contributed by atoms with E-state index in [1.807, 2.05) is 6.07 Å². The maximum Gasteiger partial charge on any atom is 0.123 e. The third kappa shape index (κ3) is 3.24. The lowest BCUT2D eigenvalue weighted by molar-refractivity contribution is 0.416. The molecule has 0 bridgehead atoms. The van der Waals surface area contributed by atoms with E-state index in [4.69, 9.17) is 0 Å². The van der Waals surface area contributed by atoms with Crippen LogP contribution in [-0.4, -0.2) is 0 Å². The van der Waals surface area contributed by atoms with E-state index in [9.17, 15) is 4.39 Å². The minimum absolute atomic E-state index is 0.183. The van der Waals surface area contributed by atoms with Crippen LogP contribution in [0.4, 0.5) is 4.39 Å². The summed E-state index contributed by atoms with van der Waals surface area (Å²) in [5, 5.41) is 0. The first-order chi connectivity index (χ1) is 12.2. The van der Waals surface area contributed by atoms with Crippen molar-refractivity contribution in [1.82, 2.24) is 0 Å². The Bertz CT molecular complexity index is 881. The molecular formula is C24H23F. The Morgan fingerprint density at radius 2 is 1.64 bits per heavy atom. The van der Waals surface area contributed by atoms with E-state index in [1.54, 1.807) is 12.1 Å². The molecule has 2 atom stereocenters. The molecule has 0 N–H and O–H groups in total. The van der Waals surface area contributed by atoms with Crippen molar-refractivity contribution in [2.75, 3.05) is 0 Å². The molecule has 1 heteroatoms. The van der Waals surface area contributed by atoms with Gasteiger partial charge in [-0.25, -0.2) is 4.39 Å². The lowest BCUT2D eigenvalue weighted by atomic mass is 9.73. The molecule has 1 aliphatic carbocycles. The Hall–Kier alpha value is -2.41. The Kier molecular flexibility index (Phi) is 4.40. The molecule has 0 fully saturated rings. The number of fused-ring (bicyclic) bond motifs is 1. The van der Waals surface area contributed by atoms with Crippen molar-refractivity contribution >= 4 is 0 Å². The molecular weight excluding hydrogens is 307 g/mol. The van der Waals surface area contributed by atoms with Gasteiger partial charge < -0.3 is 0 Å². The van der Waals surface area contributed by atoms with Gasteiger partial charge in [0.25, 0.3) is 0 Å². The maximum atomic E-state index is 13.6. The summed E-state index contributed by atoms with van der Waals surface area (Å²) in [4.78, 5) is 0. The molecule has 0 nitrogen and oxygen atoms in total. The Balaban J connectivity index is 1.76. The molecule has 0 aliphatic heterocycles. The van der Waals surface area contributed by atoms with Crippen LogP contribution in [0.2, 0.25) is 0 Å². The van der Waals surface area contributed by atoms with E-state index < -0.39 is 0 Å². The van der Waals surface area contributed by atoms with Gasteiger partial charge in [0, 0.05) is 5.92 Å². The van der Waals surface area contributed by atoms with Gasteiger partial charge >= 0.3 is 0 Å². The summed E-state index contributed by atoms with van der Waals surface area (Å²) in [7, 11) is 0. The predicted molar refractivity (Wildman–Crippen MR) is 102 cm³/mol. The van der Waals surface area contributed by atoms with Crippen LogP contribution in [0, 0.1) is 11.7 Å². The molecule has 0 unspecified atom stereocenters. The van der Waals surface area contributed by atoms with Crippen molar-refractivity contribution < 1.29 is 4.39 Å². The summed E-state index contributed by atoms with van der Waals surface area (Å²) >= 11 is 0. The number of halogens is 1. The first-order valence-corrected chi connectivity index (χ1v) is 9.18. The lowest BCUT2D eigenvalue weighted by Gasteiger charge is -2.31. The van der Waals surface area contributed by atoms with Crippen LogP contribution in [0.15, 0.2) is 72.8 Å². The summed E-state index contributed by atoms with van der Waals surface area (Å²) in [5.41, 5.74) is 6.32. The summed E-state index contributed by atoms with van der Waals surface area (Å²) in [6.07, 6.45) is 3.60. The summed E-state index contributed by atoms with van der Waals surface area (Å²) in [6.45, 7) is 2.29. The number of hydrogen-bond acceptors (Lipinski definition) is 0. The fourth-order valence-electron chi connectivity index (χ4n) is 4.14. The first kappa shape index (κ1) is 16.1. The van der Waals surface area contributed by atoms with Crippen molar-refractivity contribution in [2.24, 2.45) is 5.92 Å². The second kappa shape index (κ2) is 6.84. The zero-order valence-electron chi connectivity index (χ0n) is 14.6. The highest BCUT2D eigenvalue weighted by atomic mass is 19.1. The van der Waals surface area contributed by atoms with Crippen LogP contribution in [-0.2, 0) is 6.42 Å². The van der Waals surface area contributed by atoms with Gasteiger partial charge in [-0.2, -0.15) is 0 Å². The zero-order valence-corrected chi connectivity index (χ0v) is 14.6. The normalized spacial score (nSPS) is 19.4. The Morgan fingerprint density at radius 1 is 0.880 bits per heavy atom. The first-order valence-electron chi connectivity index (χ1n) is 9.18. The Labute approximate surface area is 149 Å². The van der Waals surface area contributed by atoms with Gasteiger partial charge in [-0.3, -0.25) is 0 Å². The van der Waals surface area contributed by atoms with Crippen LogP contribution >= 0.6 is 0 Å². The third-order valence-corrected chi connectivity index (χ3v) is 5.53. The van der Waals surface area contributed by atoms with Crippen molar-refractivity contribution in [3.8, 4) is 11.1 Å². The molecule has 0 aromatic heterocycles. The van der Waals surface area contributed by atoms with Crippen LogP contribution in [0.5, 0.6) is 0 Å². The molecule has 25 heavy (non-hydrogen) atoms. The lowest BCUT2D eigenvalue weighted by Crippen LogP contribution is -2.19. The minimum Gasteiger partial charge on any atom is -0.207 e. The summed E-state index contributed by atoms with van der Waals surface area (Å²) in [6, 6.07) is 24.4. The van der Waals surface area contributed by atoms with Gasteiger partial charge in [-0.05, 0) is 58.7 Å². The van der Waals surface area contributed by atoms with Gasteiger partial charge in [0.15, 0.2) is 0 Å². The van der Waals surface area contributed by atoms with Crippen LogP contribution in [0.1, 0.15) is 42.4 Å². The average Bonchev–Trinajstić information content (AvgIpc) is 2.67. The number of rotatable bonds is 3. The standard InChI is InChI=1S/C24H23F/c1-2-17-13-20-7-3-4-12-23(20)24(14-17)21-10-5-8-18(15-21)19-9-6-11-22(25)16-19/h3-12,15-17,24H,2,13-14H2,1H3/t17-,24+/m1/s1. The van der Waals surface area contributed by atoms with Crippen LogP contribution in [0.25, 0.3) is 11.1 Å². The van der Waals surface area contributed by atoms with Gasteiger partial charge in [0.2, 0.25) is 0 Å². The maximum absolute atomic E-state index is 13.6. The van der Waals surface area contributed by atoms with Gasteiger partial charge in [0.1, 0.15) is 5.82 Å². The van der Waals surface area contributed by atoms with E-state index in [0.29, 0.717) is 5.92 Å². The van der Waals surface area contributed by atoms with E-state index in [2.05, 4.69) is 55.5 Å². The van der Waals surface area contributed by atoms with E-state index in [1.165, 1.54) is 42.0 Å². The third-order valence-electron chi connectivity index (χ3n) is 5.53. The van der Waals surface area contributed by atoms with E-state index >= 15 is 0 Å². The van der Waals surface area contributed by atoms with Crippen LogP contribution < -0.4 is 0 Å². The van der Waals surface area contributed by atoms with Crippen molar-refractivity contribution in [2.45, 2.75) is 32.1 Å². The fraction of sp³-hybridized carbons (Fsp3) is 0.250. The highest BCUT2D eigenvalue weighted by molar-refractivity contribution is 5.64. The molecule has 0 heterocycles. The van der Waals surface area contributed by atoms with Crippen molar-refractivity contribution in [3.05, 3.63) is 95.3 Å². The molecule has 3 aromatic carbocycles. The second-order valence-electron chi connectivity index (χ2n) is 7.10. The minimum atomic E-state index is -0.183. The monoisotopic (exact) mass is 330 g/mol. The molecule has 3 aromatic rings. The molecule has 4 rings (SSSR count). The highest BCUT2D eigenvalue weighted by Crippen LogP contribution is 2.41. The van der Waals surface area contributed by atoms with Gasteiger partial charge in [-0.1, -0.05) is 74.0 Å². The predicted octanol–water partition coefficient (Wildman–Crippen LogP) is 6.60. The Morgan fingerprint density at radius 3 is 2.44 bits per heavy atom. The number of benzene rings is 3. The molecule has 0 saturated carbocycles. The van der Waals surface area contributed by atoms with Gasteiger partial charge in [0.05, 0.1) is 0 Å². The fourth-order valence-corrected chi connectivity index (χ4v) is 4.14. The second-order valence-corrected chi connectivity index (χ2v) is 7.10. The smallest absolute Gasteiger partial charge is 0.123 e. The molecule has 126 valence electrons. The van der Waals surface area contributed by atoms with Gasteiger partial charge in [-0.15, -0.1) is 0 Å². The quantitative estimate of drug-likeness (QED) is 0.507. The average molecular weight is 330 g/mol. The summed E-state index contributed by atoms with van der Waals surface area (Å²) < 4.78 is 13.6. The molecule has 0 radical (unpaired) electrons. The molecule has 0 saturated heterocycles. The molecule has 0 amide bonds. The highest BCUT2D eigenvalue weighted by Gasteiger charge is 2.27. The van der Waals surface area contributed by atoms with Crippen molar-refractivity contribution in [1.29, 1.82) is 0 Å². The van der Waals surface area contributed by atoms with Crippen LogP contribution in [0.3, 0.4) is 0 Å². The SMILES string of the molecule is CC[C@@H]1Cc2ccccc2[C@H](c2cccc(-c3cccc(F)c3)c2)C1. The molecule has 0 spiro atoms. The largest absolute Gasteiger partial charge is 0.207 e. The summed E-state index contributed by atoms with van der Waals surface area (Å²) in [5.74, 6) is 0.984. The van der Waals surface area contributed by atoms with E-state index in [0.717, 1.165) is 17.0 Å². The molecule has 1 aliphatic rings. The van der Waals surface area contributed by atoms with Crippen molar-refractivity contribution in [3.63, 3.8) is 0 Å². The zero-order chi connectivity index (χ0) is 17.2.